The molecular weight excluding hydrogens is 228 g/mol. The van der Waals surface area contributed by atoms with Gasteiger partial charge in [-0.15, -0.1) is 0 Å². The summed E-state index contributed by atoms with van der Waals surface area (Å²) in [6.07, 6.45) is 0. The number of hydrogen-bond donors (Lipinski definition) is 2. The number of hydrogen-bond acceptors (Lipinski definition) is 2. The third-order valence-electron chi connectivity index (χ3n) is 16.0. The predicted molar refractivity (Wildman–Crippen MR) is 53.5 cm³/mol. The Balaban J connectivity index is 1.88. The Morgan fingerprint density at radius 1 is 0.733 bits per heavy atom. The van der Waals surface area contributed by atoms with Gasteiger partial charge in [-0.3, -0.25) is 0 Å². The third kappa shape index (κ3) is 0.0414. The molecule has 1 spiro atoms. The van der Waals surface area contributed by atoms with Gasteiger partial charge < -0.3 is 0 Å². The second kappa shape index (κ2) is 0.375. The molecule has 8 unspecified atom stereocenters. The van der Waals surface area contributed by atoms with Gasteiger partial charge in [-0.05, 0) is 0 Å². The van der Waals surface area contributed by atoms with Gasteiger partial charge in [0.15, 0.2) is 0 Å². The standard InChI is InChI=1S/2C6H8N.Fe/c2*7-5-6-3-1-2-4-6;/h2*1-4H,5,7H2;. The molecule has 8 atom stereocenters. The van der Waals surface area contributed by atoms with E-state index in [0.717, 1.165) is 21.7 Å². The SMILES string of the molecule is NC[C]12[CH]3[CH]4[CH]5[CH]1[Fe]45321678[CH]2[CH]1[CH]6[C]7(CN)[CH]28. The molecule has 0 radical (unpaired) electrons. The molecule has 15 heavy (non-hydrogen) atoms. The fourth-order valence-corrected chi connectivity index (χ4v) is 96.1. The van der Waals surface area contributed by atoms with Crippen molar-refractivity contribution in [1.82, 2.24) is 0 Å². The van der Waals surface area contributed by atoms with E-state index >= 15 is 0 Å². The first-order valence-electron chi connectivity index (χ1n) is 6.66. The van der Waals surface area contributed by atoms with Crippen LogP contribution in [0.4, 0.5) is 0 Å². The molecule has 0 aliphatic carbocycles. The number of nitrogens with two attached hydrogens (primary N) is 2. The van der Waals surface area contributed by atoms with E-state index in [1.807, 2.05) is 0 Å². The van der Waals surface area contributed by atoms with Crippen LogP contribution >= 0.6 is 0 Å². The molecule has 10 aliphatic heterocycles. The van der Waals surface area contributed by atoms with Gasteiger partial charge in [0.2, 0.25) is 0 Å². The summed E-state index contributed by atoms with van der Waals surface area (Å²) < 4.78 is 1.79. The Bertz CT molecular complexity index is 859. The zero-order chi connectivity index (χ0) is 9.35. The summed E-state index contributed by atoms with van der Waals surface area (Å²) >= 11 is 0. The molecule has 3 heteroatoms. The van der Waals surface area contributed by atoms with Crippen LogP contribution in [0.25, 0.3) is 0 Å². The van der Waals surface area contributed by atoms with Crippen LogP contribution in [0.1, 0.15) is 0 Å². The maximum atomic E-state index is 6.31. The Labute approximate surface area is 78.4 Å². The topological polar surface area (TPSA) is 52.0 Å². The molecule has 10 saturated heterocycles. The van der Waals surface area contributed by atoms with Crippen molar-refractivity contribution < 1.29 is 6.51 Å². The molecule has 0 aromatic carbocycles. The van der Waals surface area contributed by atoms with Gasteiger partial charge >= 0.3 is 78.2 Å². The normalized spacial score (nSPS) is 139. The first kappa shape index (κ1) is 5.39. The van der Waals surface area contributed by atoms with Crippen LogP contribution in [0, 0.1) is 0 Å². The first-order valence-corrected chi connectivity index (χ1v) is 12.9. The summed E-state index contributed by atoms with van der Waals surface area (Å²) in [5.74, 6) is 0. The minimum atomic E-state index is -2.97. The van der Waals surface area contributed by atoms with Crippen LogP contribution in [0.3, 0.4) is 0 Å². The average Bonchev–Trinajstić information content (AvgIpc) is 3.22. The van der Waals surface area contributed by atoms with Crippen molar-refractivity contribution in [3.05, 3.63) is 0 Å². The van der Waals surface area contributed by atoms with E-state index in [1.165, 1.54) is 38.5 Å². The van der Waals surface area contributed by atoms with Gasteiger partial charge in [-0.1, -0.05) is 0 Å². The van der Waals surface area contributed by atoms with Gasteiger partial charge in [0, 0.05) is 0 Å². The Kier molecular flexibility index (Phi) is 0.135. The third-order valence-corrected chi connectivity index (χ3v) is 60.1. The summed E-state index contributed by atoms with van der Waals surface area (Å²) in [5.41, 5.74) is 12.6. The molecule has 0 aromatic rings. The molecule has 82 valence electrons. The van der Waals surface area contributed by atoms with Crippen LogP contribution < -0.4 is 11.5 Å². The van der Waals surface area contributed by atoms with E-state index in [2.05, 4.69) is 0 Å². The van der Waals surface area contributed by atoms with Crippen LogP contribution in [-0.2, 0) is 6.51 Å². The van der Waals surface area contributed by atoms with Crippen molar-refractivity contribution in [2.75, 3.05) is 13.1 Å². The molecular formula is C12H16FeN2. The Morgan fingerprint density at radius 2 is 1.07 bits per heavy atom. The molecule has 0 saturated carbocycles. The van der Waals surface area contributed by atoms with E-state index in [1.54, 1.807) is 0 Å². The molecule has 0 amide bonds. The minimum absolute atomic E-state index is 0.897. The number of fused-ring (bicyclic) bond motifs is 10. The zero-order valence-corrected chi connectivity index (χ0v) is 9.65. The van der Waals surface area contributed by atoms with E-state index < -0.39 is 6.51 Å². The molecule has 10 heterocycles. The average molecular weight is 244 g/mol. The van der Waals surface area contributed by atoms with Gasteiger partial charge in [-0.2, -0.15) is 0 Å². The molecule has 10 fully saturated rings. The van der Waals surface area contributed by atoms with Gasteiger partial charge in [0.1, 0.15) is 0 Å². The quantitative estimate of drug-likeness (QED) is 0.730. The molecule has 2 nitrogen and oxygen atoms in total. The molecule has 0 bridgehead atoms. The van der Waals surface area contributed by atoms with Crippen molar-refractivity contribution in [2.45, 2.75) is 47.2 Å². The van der Waals surface area contributed by atoms with Crippen molar-refractivity contribution >= 4 is 0 Å². The van der Waals surface area contributed by atoms with Crippen molar-refractivity contribution in [2.24, 2.45) is 11.5 Å². The Hall–Kier alpha value is 0.439. The van der Waals surface area contributed by atoms with Gasteiger partial charge in [0.25, 0.3) is 0 Å². The summed E-state index contributed by atoms with van der Waals surface area (Å²) in [6.45, 7) is -0.738. The fourth-order valence-electron chi connectivity index (χ4n) is 18.6. The zero-order valence-electron chi connectivity index (χ0n) is 8.54. The summed E-state index contributed by atoms with van der Waals surface area (Å²) in [6, 6.07) is 0. The van der Waals surface area contributed by atoms with Crippen LogP contribution in [0.15, 0.2) is 0 Å². The second-order valence-corrected chi connectivity index (χ2v) is 33.9. The van der Waals surface area contributed by atoms with Crippen molar-refractivity contribution in [3.63, 3.8) is 0 Å². The maximum absolute atomic E-state index is 6.31. The fraction of sp³-hybridized carbons (Fsp3) is 1.00. The van der Waals surface area contributed by atoms with Crippen LogP contribution in [0.2, 0.25) is 47.2 Å². The van der Waals surface area contributed by atoms with E-state index in [4.69, 9.17) is 11.5 Å². The van der Waals surface area contributed by atoms with E-state index in [0.29, 0.717) is 0 Å². The van der Waals surface area contributed by atoms with Crippen molar-refractivity contribution in [1.29, 1.82) is 0 Å². The molecule has 10 aliphatic rings. The van der Waals surface area contributed by atoms with E-state index in [-0.39, 0.29) is 0 Å². The van der Waals surface area contributed by atoms with Crippen LogP contribution in [-0.4, -0.2) is 13.1 Å². The van der Waals surface area contributed by atoms with Crippen LogP contribution in [0.5, 0.6) is 0 Å². The van der Waals surface area contributed by atoms with Crippen molar-refractivity contribution in [3.8, 4) is 0 Å². The van der Waals surface area contributed by atoms with E-state index in [9.17, 15) is 0 Å². The predicted octanol–water partition coefficient (Wildman–Crippen LogP) is 2.03. The van der Waals surface area contributed by atoms with Gasteiger partial charge in [0.05, 0.1) is 0 Å². The van der Waals surface area contributed by atoms with Gasteiger partial charge in [-0.25, -0.2) is 0 Å². The molecule has 10 rings (SSSR count). The second-order valence-electron chi connectivity index (χ2n) is 10.5. The summed E-state index contributed by atoms with van der Waals surface area (Å²) in [4.78, 5) is 10.8. The monoisotopic (exact) mass is 244 g/mol. The first-order chi connectivity index (χ1) is 7.05. The molecule has 4 N–H and O–H groups in total. The summed E-state index contributed by atoms with van der Waals surface area (Å²) in [5, 5.41) is 0. The Morgan fingerprint density at radius 3 is 1.20 bits per heavy atom. The summed E-state index contributed by atoms with van der Waals surface area (Å²) in [7, 11) is 0. The number of rotatable bonds is 2. The molecule has 0 aromatic heterocycles.